The molecule has 1 atom stereocenters. The molecule has 3 rings (SSSR count). The zero-order valence-corrected chi connectivity index (χ0v) is 12.3. The summed E-state index contributed by atoms with van der Waals surface area (Å²) in [5.41, 5.74) is 12.2. The van der Waals surface area contributed by atoms with Crippen molar-refractivity contribution in [3.05, 3.63) is 64.4 Å². The van der Waals surface area contributed by atoms with Crippen molar-refractivity contribution < 1.29 is 4.42 Å². The Morgan fingerprint density at radius 3 is 2.67 bits per heavy atom. The topological polar surface area (TPSA) is 77.2 Å². The maximum absolute atomic E-state index is 6.03. The number of nitrogens with two attached hydrogens (primary N) is 2. The minimum Gasteiger partial charge on any atom is -0.459 e. The number of benzene rings is 2. The van der Waals surface area contributed by atoms with Crippen LogP contribution < -0.4 is 17.0 Å². The van der Waals surface area contributed by atoms with E-state index in [1.165, 1.54) is 5.56 Å². The van der Waals surface area contributed by atoms with Crippen LogP contribution in [0.15, 0.2) is 46.9 Å². The number of anilines is 1. The smallest absolute Gasteiger partial charge is 0.134 e. The Kier molecular flexibility index (Phi) is 3.59. The molecule has 0 bridgehead atoms. The van der Waals surface area contributed by atoms with Crippen LogP contribution in [0, 0.1) is 6.92 Å². The van der Waals surface area contributed by atoms with Crippen molar-refractivity contribution in [3.63, 3.8) is 0 Å². The van der Waals surface area contributed by atoms with Crippen LogP contribution >= 0.6 is 11.6 Å². The second-order valence-electron chi connectivity index (χ2n) is 5.06. The van der Waals surface area contributed by atoms with Crippen LogP contribution in [0.1, 0.15) is 22.9 Å². The quantitative estimate of drug-likeness (QED) is 0.393. The van der Waals surface area contributed by atoms with Gasteiger partial charge < -0.3 is 10.2 Å². The summed E-state index contributed by atoms with van der Waals surface area (Å²) in [7, 11) is 0. The molecule has 1 aromatic heterocycles. The summed E-state index contributed by atoms with van der Waals surface area (Å²) in [6.07, 6.45) is 0. The maximum atomic E-state index is 6.03. The van der Waals surface area contributed by atoms with E-state index >= 15 is 0 Å². The molecular weight excluding hydrogens is 286 g/mol. The largest absolute Gasteiger partial charge is 0.459 e. The molecule has 5 heteroatoms. The second kappa shape index (κ2) is 5.41. The Morgan fingerprint density at radius 2 is 1.95 bits per heavy atom. The van der Waals surface area contributed by atoms with Crippen LogP contribution in [-0.2, 0) is 0 Å². The SMILES string of the molecule is Cc1ccc2oc(C(NN)c3ccc(Cl)cc3N)cc2c1. The Balaban J connectivity index is 2.09. The van der Waals surface area contributed by atoms with Crippen molar-refractivity contribution in [1.82, 2.24) is 5.43 Å². The number of furan rings is 1. The first kappa shape index (κ1) is 13.9. The standard InChI is InChI=1S/C16H16ClN3O/c1-9-2-5-14-10(6-9)7-15(21-14)16(20-19)12-4-3-11(17)8-13(12)18/h2-8,16,20H,18-19H2,1H3. The third-order valence-electron chi connectivity index (χ3n) is 3.50. The lowest BCUT2D eigenvalue weighted by Crippen LogP contribution is -2.29. The molecule has 21 heavy (non-hydrogen) atoms. The van der Waals surface area contributed by atoms with Gasteiger partial charge in [-0.05, 0) is 37.3 Å². The molecule has 0 fully saturated rings. The summed E-state index contributed by atoms with van der Waals surface area (Å²) < 4.78 is 5.88. The number of aryl methyl sites for hydroxylation is 1. The summed E-state index contributed by atoms with van der Waals surface area (Å²) in [6, 6.07) is 13.0. The molecule has 0 aliphatic carbocycles. The summed E-state index contributed by atoms with van der Waals surface area (Å²) in [4.78, 5) is 0. The predicted octanol–water partition coefficient (Wildman–Crippen LogP) is 3.53. The van der Waals surface area contributed by atoms with Crippen LogP contribution in [0.3, 0.4) is 0 Å². The average molecular weight is 302 g/mol. The highest BCUT2D eigenvalue weighted by Crippen LogP contribution is 2.32. The molecule has 2 aromatic carbocycles. The Labute approximate surface area is 127 Å². The van der Waals surface area contributed by atoms with E-state index < -0.39 is 0 Å². The highest BCUT2D eigenvalue weighted by Gasteiger charge is 2.19. The van der Waals surface area contributed by atoms with Crippen molar-refractivity contribution in [2.75, 3.05) is 5.73 Å². The van der Waals surface area contributed by atoms with Crippen molar-refractivity contribution >= 4 is 28.3 Å². The van der Waals surface area contributed by atoms with E-state index in [4.69, 9.17) is 27.6 Å². The third-order valence-corrected chi connectivity index (χ3v) is 3.74. The Hall–Kier alpha value is -2.01. The molecule has 1 unspecified atom stereocenters. The number of halogens is 1. The van der Waals surface area contributed by atoms with Gasteiger partial charge in [0.2, 0.25) is 0 Å². The molecule has 0 aliphatic heterocycles. The molecule has 1 heterocycles. The molecule has 0 radical (unpaired) electrons. The van der Waals surface area contributed by atoms with E-state index in [1.54, 1.807) is 12.1 Å². The summed E-state index contributed by atoms with van der Waals surface area (Å²) >= 11 is 5.94. The predicted molar refractivity (Wildman–Crippen MR) is 86.0 cm³/mol. The van der Waals surface area contributed by atoms with Crippen LogP contribution in [0.2, 0.25) is 5.02 Å². The maximum Gasteiger partial charge on any atom is 0.134 e. The van der Waals surface area contributed by atoms with Gasteiger partial charge in [0.05, 0.1) is 0 Å². The van der Waals surface area contributed by atoms with Crippen molar-refractivity contribution in [2.24, 2.45) is 5.84 Å². The zero-order chi connectivity index (χ0) is 15.0. The van der Waals surface area contributed by atoms with Crippen LogP contribution in [0.4, 0.5) is 5.69 Å². The van der Waals surface area contributed by atoms with Gasteiger partial charge in [-0.15, -0.1) is 0 Å². The Morgan fingerprint density at radius 1 is 1.14 bits per heavy atom. The molecule has 0 spiro atoms. The number of nitrogens with one attached hydrogen (secondary N) is 1. The lowest BCUT2D eigenvalue weighted by Gasteiger charge is -2.16. The van der Waals surface area contributed by atoms with Crippen LogP contribution in [-0.4, -0.2) is 0 Å². The van der Waals surface area contributed by atoms with Crippen molar-refractivity contribution in [2.45, 2.75) is 13.0 Å². The monoisotopic (exact) mass is 301 g/mol. The lowest BCUT2D eigenvalue weighted by atomic mass is 10.0. The first-order valence-electron chi connectivity index (χ1n) is 6.59. The number of fused-ring (bicyclic) bond motifs is 1. The number of hydrogen-bond acceptors (Lipinski definition) is 4. The minimum atomic E-state index is -0.324. The molecule has 108 valence electrons. The van der Waals surface area contributed by atoms with E-state index in [9.17, 15) is 0 Å². The lowest BCUT2D eigenvalue weighted by molar-refractivity contribution is 0.478. The summed E-state index contributed by atoms with van der Waals surface area (Å²) in [5.74, 6) is 6.41. The van der Waals surface area contributed by atoms with Gasteiger partial charge in [0, 0.05) is 21.7 Å². The Bertz CT molecular complexity index is 797. The molecule has 0 saturated carbocycles. The fourth-order valence-electron chi connectivity index (χ4n) is 2.46. The summed E-state index contributed by atoms with van der Waals surface area (Å²) in [6.45, 7) is 2.04. The average Bonchev–Trinajstić information content (AvgIpc) is 2.84. The van der Waals surface area contributed by atoms with Crippen molar-refractivity contribution in [3.8, 4) is 0 Å². The number of rotatable bonds is 3. The number of nitrogen functional groups attached to an aromatic ring is 1. The van der Waals surface area contributed by atoms with Crippen LogP contribution in [0.5, 0.6) is 0 Å². The molecular formula is C16H16ClN3O. The van der Waals surface area contributed by atoms with Gasteiger partial charge >= 0.3 is 0 Å². The van der Waals surface area contributed by atoms with Gasteiger partial charge in [-0.25, -0.2) is 5.43 Å². The molecule has 5 N–H and O–H groups in total. The zero-order valence-electron chi connectivity index (χ0n) is 11.6. The molecule has 3 aromatic rings. The van der Waals surface area contributed by atoms with E-state index in [0.717, 1.165) is 16.5 Å². The summed E-state index contributed by atoms with van der Waals surface area (Å²) in [5, 5.41) is 1.63. The highest BCUT2D eigenvalue weighted by molar-refractivity contribution is 6.30. The van der Waals surface area contributed by atoms with E-state index in [1.807, 2.05) is 31.2 Å². The van der Waals surface area contributed by atoms with Crippen molar-refractivity contribution in [1.29, 1.82) is 0 Å². The normalized spacial score (nSPS) is 12.7. The highest BCUT2D eigenvalue weighted by atomic mass is 35.5. The van der Waals surface area contributed by atoms with E-state index in [2.05, 4.69) is 11.5 Å². The fraction of sp³-hybridized carbons (Fsp3) is 0.125. The van der Waals surface area contributed by atoms with Gasteiger partial charge in [-0.2, -0.15) is 0 Å². The fourth-order valence-corrected chi connectivity index (χ4v) is 2.64. The molecule has 0 saturated heterocycles. The van der Waals surface area contributed by atoms with Gasteiger partial charge in [0.25, 0.3) is 0 Å². The van der Waals surface area contributed by atoms with Gasteiger partial charge in [-0.1, -0.05) is 29.3 Å². The van der Waals surface area contributed by atoms with E-state index in [0.29, 0.717) is 16.5 Å². The number of hydrazine groups is 1. The molecule has 4 nitrogen and oxygen atoms in total. The minimum absolute atomic E-state index is 0.324. The first-order chi connectivity index (χ1) is 10.1. The van der Waals surface area contributed by atoms with Gasteiger partial charge in [-0.3, -0.25) is 5.84 Å². The van der Waals surface area contributed by atoms with Gasteiger partial charge in [0.15, 0.2) is 0 Å². The third kappa shape index (κ3) is 2.61. The molecule has 0 aliphatic rings. The second-order valence-corrected chi connectivity index (χ2v) is 5.50. The van der Waals surface area contributed by atoms with Gasteiger partial charge in [0.1, 0.15) is 17.4 Å². The van der Waals surface area contributed by atoms with E-state index in [-0.39, 0.29) is 6.04 Å². The molecule has 0 amide bonds. The number of hydrogen-bond donors (Lipinski definition) is 3. The van der Waals surface area contributed by atoms with Crippen LogP contribution in [0.25, 0.3) is 11.0 Å². The first-order valence-corrected chi connectivity index (χ1v) is 6.97.